The molecule has 2 N–H and O–H groups in total. The molecule has 0 amide bonds. The van der Waals surface area contributed by atoms with Crippen molar-refractivity contribution in [3.63, 3.8) is 0 Å². The normalized spacial score (nSPS) is 38.0. The number of carbonyl (C=O) groups excluding carboxylic acids is 2. The number of ether oxygens (including phenoxy) is 1. The van der Waals surface area contributed by atoms with Gasteiger partial charge in [0.25, 0.3) is 0 Å². The maximum Gasteiger partial charge on any atom is 0.312 e. The first-order valence-electron chi connectivity index (χ1n) is 13.1. The Morgan fingerprint density at radius 1 is 1.12 bits per heavy atom. The van der Waals surface area contributed by atoms with E-state index in [1.165, 1.54) is 35.3 Å². The summed E-state index contributed by atoms with van der Waals surface area (Å²) in [6.07, 6.45) is 11.4. The summed E-state index contributed by atoms with van der Waals surface area (Å²) in [4.78, 5) is 24.7. The van der Waals surface area contributed by atoms with Crippen LogP contribution in [-0.4, -0.2) is 38.0 Å². The molecule has 0 aliphatic heterocycles. The lowest BCUT2D eigenvalue weighted by Gasteiger charge is -2.56. The first kappa shape index (κ1) is 24.3. The second-order valence-electron chi connectivity index (χ2n) is 11.7. The molecule has 5 fully saturated rings. The molecule has 0 aromatic heterocycles. The average Bonchev–Trinajstić information content (AvgIpc) is 3.47. The highest BCUT2D eigenvalue weighted by Gasteiger charge is 2.79. The number of rotatable bonds is 6. The number of aldehydes is 1. The minimum atomic E-state index is -0.291. The first-order chi connectivity index (χ1) is 16.3. The molecule has 1 aromatic carbocycles. The first-order valence-corrected chi connectivity index (χ1v) is 13.9. The third-order valence-corrected chi connectivity index (χ3v) is 11.5. The predicted molar refractivity (Wildman–Crippen MR) is 135 cm³/mol. The van der Waals surface area contributed by atoms with E-state index in [1.54, 1.807) is 19.1 Å². The van der Waals surface area contributed by atoms with Gasteiger partial charge in [-0.2, -0.15) is 0 Å². The fourth-order valence-corrected chi connectivity index (χ4v) is 9.60. The maximum atomic E-state index is 12.3. The molecule has 0 heterocycles. The summed E-state index contributed by atoms with van der Waals surface area (Å²) >= 11 is 1.60. The van der Waals surface area contributed by atoms with Gasteiger partial charge in [-0.25, -0.2) is 4.72 Å². The van der Waals surface area contributed by atoms with Gasteiger partial charge in [-0.15, -0.1) is 0 Å². The monoisotopic (exact) mass is 484 g/mol. The fourth-order valence-electron chi connectivity index (χ4n) is 8.58. The number of nitrogens with one attached hydrogen (secondary N) is 2. The van der Waals surface area contributed by atoms with Crippen molar-refractivity contribution in [2.24, 2.45) is 28.6 Å². The topological polar surface area (TPSA) is 67.4 Å². The predicted octanol–water partition coefficient (Wildman–Crippen LogP) is 4.99. The lowest BCUT2D eigenvalue weighted by atomic mass is 9.46. The van der Waals surface area contributed by atoms with Crippen molar-refractivity contribution in [1.82, 2.24) is 10.0 Å². The van der Waals surface area contributed by atoms with Crippen molar-refractivity contribution in [2.75, 3.05) is 14.2 Å². The largest absolute Gasteiger partial charge is 0.469 e. The summed E-state index contributed by atoms with van der Waals surface area (Å²) in [7, 11) is 3.65. The van der Waals surface area contributed by atoms with Crippen LogP contribution in [0.2, 0.25) is 0 Å². The molecule has 5 aliphatic carbocycles. The molecule has 6 heteroatoms. The second kappa shape index (κ2) is 8.94. The van der Waals surface area contributed by atoms with Crippen molar-refractivity contribution in [3.8, 4) is 0 Å². The van der Waals surface area contributed by atoms with E-state index >= 15 is 0 Å². The van der Waals surface area contributed by atoms with Gasteiger partial charge in [0.1, 0.15) is 6.29 Å². The fraction of sp³-hybridized carbons (Fsp3) is 0.714. The summed E-state index contributed by atoms with van der Waals surface area (Å²) in [6, 6.07) is 6.94. The Morgan fingerprint density at radius 3 is 2.53 bits per heavy atom. The van der Waals surface area contributed by atoms with Crippen molar-refractivity contribution in [3.05, 3.63) is 29.3 Å². The Labute approximate surface area is 208 Å². The van der Waals surface area contributed by atoms with Crippen LogP contribution >= 0.6 is 11.9 Å². The number of fused-ring (bicyclic) bond motifs is 2. The zero-order chi connectivity index (χ0) is 24.1. The lowest BCUT2D eigenvalue weighted by molar-refractivity contribution is -0.183. The lowest BCUT2D eigenvalue weighted by Crippen LogP contribution is -2.57. The second-order valence-corrected chi connectivity index (χ2v) is 12.5. The number of hydrogen-bond acceptors (Lipinski definition) is 6. The molecule has 5 nitrogen and oxygen atoms in total. The van der Waals surface area contributed by atoms with Gasteiger partial charge >= 0.3 is 5.97 Å². The Hall–Kier alpha value is -1.37. The highest BCUT2D eigenvalue weighted by Crippen LogP contribution is 2.81. The van der Waals surface area contributed by atoms with Gasteiger partial charge in [0, 0.05) is 10.9 Å². The molecular formula is C28H40N2O3S. The SMILES string of the molecule is CNC1C2CC3CC4(C(=O)OC)CC1CC34C2.Cc1cccc(SNC2(C=O)CCCC2)c1C. The number of esters is 1. The molecule has 0 radical (unpaired) electrons. The Balaban J connectivity index is 0.000000142. The molecule has 6 atom stereocenters. The molecule has 1 spiro atoms. The number of benzene rings is 1. The molecule has 1 aromatic rings. The summed E-state index contributed by atoms with van der Waals surface area (Å²) in [6.45, 7) is 4.24. The van der Waals surface area contributed by atoms with Gasteiger partial charge in [-0.3, -0.25) is 4.79 Å². The molecule has 3 bridgehead atoms. The standard InChI is InChI=1S/C14H21NO2.C14H19NOS/c1-15-11-8-3-10-7-14(12(16)17-2)6-9(11)5-13(10,14)4-8;1-11-6-5-7-13(12(11)2)17-15-14(10-16)8-3-4-9-14/h8-11,15H,3-7H2,1-2H3;5-7,10,15H,3-4,8-9H2,1-2H3. The summed E-state index contributed by atoms with van der Waals surface area (Å²) in [5.74, 6) is 2.44. The average molecular weight is 485 g/mol. The molecule has 6 unspecified atom stereocenters. The quantitative estimate of drug-likeness (QED) is 0.337. The van der Waals surface area contributed by atoms with E-state index in [1.807, 2.05) is 0 Å². The molecular weight excluding hydrogens is 444 g/mol. The van der Waals surface area contributed by atoms with Crippen molar-refractivity contribution < 1.29 is 14.3 Å². The number of methoxy groups -OCH3 is 1. The van der Waals surface area contributed by atoms with Crippen LogP contribution in [0.3, 0.4) is 0 Å². The molecule has 6 rings (SSSR count). The minimum absolute atomic E-state index is 0.0859. The number of aryl methyl sites for hydroxylation is 1. The number of hydrogen-bond donors (Lipinski definition) is 2. The molecule has 5 aliphatic rings. The zero-order valence-electron chi connectivity index (χ0n) is 21.1. The zero-order valence-corrected chi connectivity index (χ0v) is 21.9. The molecule has 0 saturated heterocycles. The van der Waals surface area contributed by atoms with Gasteiger partial charge in [0.2, 0.25) is 0 Å². The van der Waals surface area contributed by atoms with Gasteiger partial charge < -0.3 is 14.8 Å². The van der Waals surface area contributed by atoms with Gasteiger partial charge in [-0.1, -0.05) is 25.0 Å². The van der Waals surface area contributed by atoms with E-state index in [4.69, 9.17) is 4.74 Å². The van der Waals surface area contributed by atoms with Gasteiger partial charge in [0.15, 0.2) is 0 Å². The van der Waals surface area contributed by atoms with Crippen LogP contribution < -0.4 is 10.0 Å². The van der Waals surface area contributed by atoms with Crippen molar-refractivity contribution in [2.45, 2.75) is 88.1 Å². The third-order valence-electron chi connectivity index (χ3n) is 10.3. The summed E-state index contributed by atoms with van der Waals surface area (Å²) in [5.41, 5.74) is 2.56. The van der Waals surface area contributed by atoms with Gasteiger partial charge in [0.05, 0.1) is 18.1 Å². The van der Waals surface area contributed by atoms with Crippen molar-refractivity contribution in [1.29, 1.82) is 0 Å². The van der Waals surface area contributed by atoms with Crippen molar-refractivity contribution >= 4 is 24.2 Å². The molecule has 5 saturated carbocycles. The van der Waals surface area contributed by atoms with Crippen LogP contribution in [0.15, 0.2) is 23.1 Å². The summed E-state index contributed by atoms with van der Waals surface area (Å²) in [5, 5.41) is 3.52. The third kappa shape index (κ3) is 3.50. The van der Waals surface area contributed by atoms with Crippen LogP contribution in [-0.2, 0) is 14.3 Å². The van der Waals surface area contributed by atoms with E-state index in [2.05, 4.69) is 49.1 Å². The van der Waals surface area contributed by atoms with Crippen LogP contribution in [0.4, 0.5) is 0 Å². The van der Waals surface area contributed by atoms with E-state index in [-0.39, 0.29) is 16.9 Å². The van der Waals surface area contributed by atoms with Crippen LogP contribution in [0.1, 0.15) is 68.9 Å². The maximum absolute atomic E-state index is 12.3. The van der Waals surface area contributed by atoms with Crippen LogP contribution in [0.25, 0.3) is 0 Å². The van der Waals surface area contributed by atoms with Crippen LogP contribution in [0, 0.1) is 42.4 Å². The van der Waals surface area contributed by atoms with E-state index in [0.29, 0.717) is 17.4 Å². The Morgan fingerprint density at radius 2 is 1.85 bits per heavy atom. The minimum Gasteiger partial charge on any atom is -0.469 e. The summed E-state index contributed by atoms with van der Waals surface area (Å²) < 4.78 is 8.52. The van der Waals surface area contributed by atoms with Crippen LogP contribution in [0.5, 0.6) is 0 Å². The van der Waals surface area contributed by atoms with E-state index in [9.17, 15) is 9.59 Å². The van der Waals surface area contributed by atoms with Gasteiger partial charge in [-0.05, 0) is 118 Å². The Bertz CT molecular complexity index is 957. The molecule has 186 valence electrons. The smallest absolute Gasteiger partial charge is 0.312 e. The van der Waals surface area contributed by atoms with E-state index < -0.39 is 0 Å². The van der Waals surface area contributed by atoms with E-state index in [0.717, 1.165) is 56.6 Å². The highest BCUT2D eigenvalue weighted by molar-refractivity contribution is 7.97. The number of carbonyl (C=O) groups is 2. The molecule has 34 heavy (non-hydrogen) atoms. The Kier molecular flexibility index (Phi) is 6.39. The highest BCUT2D eigenvalue weighted by atomic mass is 32.2.